The predicted octanol–water partition coefficient (Wildman–Crippen LogP) is 2.66. The van der Waals surface area contributed by atoms with Crippen LogP contribution >= 0.6 is 0 Å². The van der Waals surface area contributed by atoms with Crippen LogP contribution in [0.4, 0.5) is 5.69 Å². The highest BCUT2D eigenvalue weighted by Crippen LogP contribution is 2.36. The zero-order chi connectivity index (χ0) is 21.1. The fourth-order valence-corrected chi connectivity index (χ4v) is 4.84. The third kappa shape index (κ3) is 4.70. The fourth-order valence-electron chi connectivity index (χ4n) is 4.00. The van der Waals surface area contributed by atoms with Gasteiger partial charge in [-0.05, 0) is 42.9 Å². The Morgan fingerprint density at radius 1 is 1.07 bits per heavy atom. The van der Waals surface area contributed by atoms with Gasteiger partial charge >= 0.3 is 0 Å². The van der Waals surface area contributed by atoms with Crippen molar-refractivity contribution in [1.82, 2.24) is 4.90 Å². The number of fused-ring (bicyclic) bond motifs is 1. The summed E-state index contributed by atoms with van der Waals surface area (Å²) in [7, 11) is -3.63. The van der Waals surface area contributed by atoms with Gasteiger partial charge in [0.25, 0.3) is 0 Å². The lowest BCUT2D eigenvalue weighted by Crippen LogP contribution is -2.45. The number of anilines is 1. The second-order valence-corrected chi connectivity index (χ2v) is 9.73. The monoisotopic (exact) mass is 430 g/mol. The second-order valence-electron chi connectivity index (χ2n) is 7.82. The molecular formula is C22H26N2O5S. The fraction of sp³-hybridized carbons (Fsp3) is 0.409. The Bertz CT molecular complexity index is 1000. The molecule has 7 nitrogen and oxygen atoms in total. The molecule has 0 aromatic heterocycles. The highest BCUT2D eigenvalue weighted by molar-refractivity contribution is 7.92. The number of sulfonamides is 1. The number of hydrogen-bond acceptors (Lipinski definition) is 5. The molecule has 0 unspecified atom stereocenters. The lowest BCUT2D eigenvalue weighted by Gasteiger charge is -2.33. The minimum absolute atomic E-state index is 0.106. The molecule has 30 heavy (non-hydrogen) atoms. The number of amides is 1. The molecule has 0 atom stereocenters. The summed E-state index contributed by atoms with van der Waals surface area (Å²) in [5.41, 5.74) is 1.71. The van der Waals surface area contributed by atoms with Crippen LogP contribution in [0.5, 0.6) is 11.5 Å². The van der Waals surface area contributed by atoms with Gasteiger partial charge in [-0.25, -0.2) is 8.42 Å². The lowest BCUT2D eigenvalue weighted by atomic mass is 9.90. The van der Waals surface area contributed by atoms with E-state index in [1.165, 1.54) is 5.56 Å². The molecule has 0 saturated carbocycles. The van der Waals surface area contributed by atoms with Gasteiger partial charge in [0.15, 0.2) is 11.5 Å². The average molecular weight is 431 g/mol. The summed E-state index contributed by atoms with van der Waals surface area (Å²) in [6.07, 6.45) is 3.96. The Kier molecular flexibility index (Phi) is 5.85. The van der Waals surface area contributed by atoms with Crippen molar-refractivity contribution in [2.24, 2.45) is 5.92 Å². The van der Waals surface area contributed by atoms with E-state index in [-0.39, 0.29) is 19.2 Å². The number of likely N-dealkylation sites (tertiary alicyclic amines) is 1. The van der Waals surface area contributed by atoms with Gasteiger partial charge in [0.1, 0.15) is 6.54 Å². The minimum Gasteiger partial charge on any atom is -0.454 e. The van der Waals surface area contributed by atoms with E-state index in [2.05, 4.69) is 12.1 Å². The second kappa shape index (κ2) is 8.55. The summed E-state index contributed by atoms with van der Waals surface area (Å²) in [6, 6.07) is 15.3. The normalized spacial score (nSPS) is 16.5. The molecule has 0 aliphatic carbocycles. The number of ether oxygens (including phenoxy) is 2. The molecule has 1 amide bonds. The van der Waals surface area contributed by atoms with Gasteiger partial charge in [-0.2, -0.15) is 0 Å². The molecule has 4 rings (SSSR count). The summed E-state index contributed by atoms with van der Waals surface area (Å²) in [5, 5.41) is 0. The van der Waals surface area contributed by atoms with Crippen molar-refractivity contribution in [3.05, 3.63) is 54.1 Å². The van der Waals surface area contributed by atoms with E-state index in [9.17, 15) is 13.2 Å². The molecule has 0 bridgehead atoms. The molecule has 2 aliphatic heterocycles. The van der Waals surface area contributed by atoms with E-state index in [0.717, 1.165) is 29.8 Å². The van der Waals surface area contributed by atoms with Crippen LogP contribution in [0.15, 0.2) is 48.5 Å². The largest absolute Gasteiger partial charge is 0.454 e. The molecule has 8 heteroatoms. The van der Waals surface area contributed by atoms with Crippen LogP contribution in [0.1, 0.15) is 18.4 Å². The minimum atomic E-state index is -3.63. The number of rotatable bonds is 6. The highest BCUT2D eigenvalue weighted by Gasteiger charge is 2.28. The zero-order valence-electron chi connectivity index (χ0n) is 17.0. The van der Waals surface area contributed by atoms with Gasteiger partial charge in [0.2, 0.25) is 22.7 Å². The van der Waals surface area contributed by atoms with E-state index < -0.39 is 10.0 Å². The maximum Gasteiger partial charge on any atom is 0.243 e. The topological polar surface area (TPSA) is 76.2 Å². The molecular weight excluding hydrogens is 404 g/mol. The predicted molar refractivity (Wildman–Crippen MR) is 114 cm³/mol. The molecule has 2 aliphatic rings. The Morgan fingerprint density at radius 3 is 2.47 bits per heavy atom. The van der Waals surface area contributed by atoms with Crippen LogP contribution in [0.25, 0.3) is 0 Å². The van der Waals surface area contributed by atoms with Crippen molar-refractivity contribution in [2.75, 3.05) is 37.0 Å². The average Bonchev–Trinajstić information content (AvgIpc) is 3.20. The Labute approximate surface area is 177 Å². The molecule has 0 radical (unpaired) electrons. The molecule has 2 aromatic carbocycles. The van der Waals surface area contributed by atoms with Gasteiger partial charge < -0.3 is 14.4 Å². The smallest absolute Gasteiger partial charge is 0.243 e. The molecule has 2 heterocycles. The SMILES string of the molecule is CS(=O)(=O)N(CC(=O)N1CCC(Cc2ccccc2)CC1)c1ccc2c(c1)OCO2. The van der Waals surface area contributed by atoms with Crippen molar-refractivity contribution in [3.63, 3.8) is 0 Å². The van der Waals surface area contributed by atoms with Crippen LogP contribution in [0.3, 0.4) is 0 Å². The van der Waals surface area contributed by atoms with Crippen LogP contribution in [-0.2, 0) is 21.2 Å². The van der Waals surface area contributed by atoms with Crippen molar-refractivity contribution in [1.29, 1.82) is 0 Å². The summed E-state index contributed by atoms with van der Waals surface area (Å²) < 4.78 is 36.5. The number of hydrogen-bond donors (Lipinski definition) is 0. The Morgan fingerprint density at radius 2 is 1.77 bits per heavy atom. The Balaban J connectivity index is 1.39. The van der Waals surface area contributed by atoms with Crippen molar-refractivity contribution >= 4 is 21.6 Å². The first kappa shape index (κ1) is 20.5. The molecule has 1 fully saturated rings. The third-order valence-corrected chi connectivity index (χ3v) is 6.80. The van der Waals surface area contributed by atoms with E-state index in [1.807, 2.05) is 18.2 Å². The van der Waals surface area contributed by atoms with Gasteiger partial charge in [0.05, 0.1) is 11.9 Å². The quantitative estimate of drug-likeness (QED) is 0.704. The van der Waals surface area contributed by atoms with Crippen LogP contribution in [0, 0.1) is 5.92 Å². The number of piperidine rings is 1. The summed E-state index contributed by atoms with van der Waals surface area (Å²) in [4.78, 5) is 14.7. The van der Waals surface area contributed by atoms with Crippen LogP contribution in [0.2, 0.25) is 0 Å². The maximum atomic E-state index is 12.9. The lowest BCUT2D eigenvalue weighted by molar-refractivity contribution is -0.130. The first-order chi connectivity index (χ1) is 14.4. The van der Waals surface area contributed by atoms with E-state index in [1.54, 1.807) is 23.1 Å². The van der Waals surface area contributed by atoms with Crippen molar-refractivity contribution in [2.45, 2.75) is 19.3 Å². The van der Waals surface area contributed by atoms with Gasteiger partial charge in [0, 0.05) is 19.2 Å². The summed E-state index contributed by atoms with van der Waals surface area (Å²) in [5.74, 6) is 1.40. The number of nitrogens with zero attached hydrogens (tertiary/aromatic N) is 2. The molecule has 0 N–H and O–H groups in total. The molecule has 0 spiro atoms. The van der Waals surface area contributed by atoms with E-state index in [4.69, 9.17) is 9.47 Å². The van der Waals surface area contributed by atoms with Gasteiger partial charge in [-0.3, -0.25) is 9.10 Å². The summed E-state index contributed by atoms with van der Waals surface area (Å²) in [6.45, 7) is 1.18. The van der Waals surface area contributed by atoms with Crippen molar-refractivity contribution < 1.29 is 22.7 Å². The number of benzene rings is 2. The van der Waals surface area contributed by atoms with Crippen molar-refractivity contribution in [3.8, 4) is 11.5 Å². The maximum absolute atomic E-state index is 12.9. The molecule has 1 saturated heterocycles. The Hall–Kier alpha value is -2.74. The first-order valence-electron chi connectivity index (χ1n) is 10.1. The molecule has 2 aromatic rings. The number of carbonyl (C=O) groups excluding carboxylic acids is 1. The van der Waals surface area contributed by atoms with Gasteiger partial charge in [-0.15, -0.1) is 0 Å². The third-order valence-electron chi connectivity index (χ3n) is 5.66. The first-order valence-corrected chi connectivity index (χ1v) is 11.9. The zero-order valence-corrected chi connectivity index (χ0v) is 17.8. The summed E-state index contributed by atoms with van der Waals surface area (Å²) >= 11 is 0. The highest BCUT2D eigenvalue weighted by atomic mass is 32.2. The number of carbonyl (C=O) groups is 1. The van der Waals surface area contributed by atoms with E-state index >= 15 is 0 Å². The standard InChI is InChI=1S/C22H26N2O5S/c1-30(26,27)24(19-7-8-20-21(14-19)29-16-28-20)15-22(25)23-11-9-18(10-12-23)13-17-5-3-2-4-6-17/h2-8,14,18H,9-13,15-16H2,1H3. The van der Waals surface area contributed by atoms with Gasteiger partial charge in [-0.1, -0.05) is 30.3 Å². The van der Waals surface area contributed by atoms with Crippen LogP contribution < -0.4 is 13.8 Å². The molecule has 160 valence electrons. The van der Waals surface area contributed by atoms with E-state index in [0.29, 0.717) is 36.2 Å². The van der Waals surface area contributed by atoms with Crippen LogP contribution in [-0.4, -0.2) is 51.9 Å².